The van der Waals surface area contributed by atoms with Gasteiger partial charge in [-0.2, -0.15) is 0 Å². The Hall–Kier alpha value is -2.15. The van der Waals surface area contributed by atoms with Gasteiger partial charge in [-0.05, 0) is 19.1 Å². The van der Waals surface area contributed by atoms with Crippen molar-refractivity contribution in [3.63, 3.8) is 0 Å². The number of aromatic nitrogens is 1. The van der Waals surface area contributed by atoms with Crippen LogP contribution in [0.15, 0.2) is 18.2 Å². The first-order valence-electron chi connectivity index (χ1n) is 5.32. The third-order valence-electron chi connectivity index (χ3n) is 2.40. The average molecular weight is 282 g/mol. The van der Waals surface area contributed by atoms with E-state index in [1.165, 1.54) is 25.3 Å². The van der Waals surface area contributed by atoms with E-state index >= 15 is 0 Å². The molecule has 0 aliphatic heterocycles. The maximum absolute atomic E-state index is 13.0. The minimum Gasteiger partial charge on any atom is -0.494 e. The SMILES string of the molecule is COc1cc(F)ccc1Nc1nc(C)c(C(=O)O)s1. The third-order valence-corrected chi connectivity index (χ3v) is 3.46. The van der Waals surface area contributed by atoms with Crippen LogP contribution in [0.5, 0.6) is 5.75 Å². The summed E-state index contributed by atoms with van der Waals surface area (Å²) >= 11 is 1.01. The molecule has 0 atom stereocenters. The van der Waals surface area contributed by atoms with E-state index in [0.29, 0.717) is 22.3 Å². The highest BCUT2D eigenvalue weighted by Gasteiger charge is 2.15. The molecule has 2 N–H and O–H groups in total. The number of halogens is 1. The van der Waals surface area contributed by atoms with Crippen molar-refractivity contribution in [2.24, 2.45) is 0 Å². The van der Waals surface area contributed by atoms with Crippen molar-refractivity contribution in [1.29, 1.82) is 0 Å². The third kappa shape index (κ3) is 2.82. The van der Waals surface area contributed by atoms with Gasteiger partial charge in [0.2, 0.25) is 0 Å². The first-order chi connectivity index (χ1) is 9.01. The van der Waals surface area contributed by atoms with E-state index in [0.717, 1.165) is 11.3 Å². The number of carboxylic acid groups (broad SMARTS) is 1. The number of carboxylic acids is 1. The summed E-state index contributed by atoms with van der Waals surface area (Å²) in [4.78, 5) is 15.2. The van der Waals surface area contributed by atoms with Gasteiger partial charge in [0.1, 0.15) is 16.4 Å². The summed E-state index contributed by atoms with van der Waals surface area (Å²) in [6, 6.07) is 4.02. The summed E-state index contributed by atoms with van der Waals surface area (Å²) in [5, 5.41) is 12.3. The zero-order valence-electron chi connectivity index (χ0n) is 10.2. The Balaban J connectivity index is 2.31. The predicted octanol–water partition coefficient (Wildman–Crippen LogP) is 3.04. The van der Waals surface area contributed by atoms with E-state index < -0.39 is 11.8 Å². The molecule has 0 bridgehead atoms. The molecule has 19 heavy (non-hydrogen) atoms. The lowest BCUT2D eigenvalue weighted by Crippen LogP contribution is -1.95. The van der Waals surface area contributed by atoms with Gasteiger partial charge in [-0.15, -0.1) is 0 Å². The number of rotatable bonds is 4. The summed E-state index contributed by atoms with van der Waals surface area (Å²) in [6.45, 7) is 1.62. The van der Waals surface area contributed by atoms with Gasteiger partial charge < -0.3 is 15.2 Å². The van der Waals surface area contributed by atoms with Gasteiger partial charge in [0.25, 0.3) is 0 Å². The van der Waals surface area contributed by atoms with Gasteiger partial charge in [-0.1, -0.05) is 11.3 Å². The molecule has 7 heteroatoms. The number of nitrogens with zero attached hydrogens (tertiary/aromatic N) is 1. The molecule has 0 aliphatic rings. The first-order valence-corrected chi connectivity index (χ1v) is 6.14. The fourth-order valence-corrected chi connectivity index (χ4v) is 2.35. The van der Waals surface area contributed by atoms with Gasteiger partial charge in [0.05, 0.1) is 18.5 Å². The van der Waals surface area contributed by atoms with E-state index in [1.54, 1.807) is 6.92 Å². The molecule has 2 aromatic rings. The Morgan fingerprint density at radius 1 is 1.53 bits per heavy atom. The van der Waals surface area contributed by atoms with E-state index in [4.69, 9.17) is 9.84 Å². The lowest BCUT2D eigenvalue weighted by molar-refractivity contribution is 0.0701. The number of benzene rings is 1. The average Bonchev–Trinajstić information content (AvgIpc) is 2.72. The number of thiazole rings is 1. The number of nitrogens with one attached hydrogen (secondary N) is 1. The van der Waals surface area contributed by atoms with Crippen molar-refractivity contribution in [3.05, 3.63) is 34.6 Å². The predicted molar refractivity (Wildman–Crippen MR) is 70.0 cm³/mol. The molecule has 0 saturated carbocycles. The van der Waals surface area contributed by atoms with Crippen LogP contribution in [0.1, 0.15) is 15.4 Å². The molecule has 0 aliphatic carbocycles. The fraction of sp³-hybridized carbons (Fsp3) is 0.167. The summed E-state index contributed by atoms with van der Waals surface area (Å²) in [5.74, 6) is -1.11. The zero-order chi connectivity index (χ0) is 14.0. The van der Waals surface area contributed by atoms with E-state index in [9.17, 15) is 9.18 Å². The number of ether oxygens (including phenoxy) is 1. The Kier molecular flexibility index (Phi) is 3.66. The van der Waals surface area contributed by atoms with Crippen molar-refractivity contribution in [2.45, 2.75) is 6.92 Å². The molecular formula is C12H11FN2O3S. The van der Waals surface area contributed by atoms with Crippen LogP contribution in [0.25, 0.3) is 0 Å². The van der Waals surface area contributed by atoms with Crippen molar-refractivity contribution in [1.82, 2.24) is 4.98 Å². The van der Waals surface area contributed by atoms with Crippen molar-refractivity contribution < 1.29 is 19.0 Å². The van der Waals surface area contributed by atoms with E-state index in [2.05, 4.69) is 10.3 Å². The molecule has 100 valence electrons. The van der Waals surface area contributed by atoms with Crippen molar-refractivity contribution in [3.8, 4) is 5.75 Å². The fourth-order valence-electron chi connectivity index (χ4n) is 1.53. The van der Waals surface area contributed by atoms with Crippen LogP contribution in [-0.2, 0) is 0 Å². The molecule has 0 unspecified atom stereocenters. The zero-order valence-corrected chi connectivity index (χ0v) is 11.0. The first kappa shape index (κ1) is 13.3. The molecule has 0 radical (unpaired) electrons. The number of anilines is 2. The van der Waals surface area contributed by atoms with Crippen LogP contribution < -0.4 is 10.1 Å². The van der Waals surface area contributed by atoms with Gasteiger partial charge in [-0.25, -0.2) is 14.2 Å². The maximum atomic E-state index is 13.0. The van der Waals surface area contributed by atoms with Crippen LogP contribution in [0.3, 0.4) is 0 Å². The molecule has 0 fully saturated rings. The van der Waals surface area contributed by atoms with Crippen molar-refractivity contribution >= 4 is 28.1 Å². The monoisotopic (exact) mass is 282 g/mol. The molecular weight excluding hydrogens is 271 g/mol. The van der Waals surface area contributed by atoms with E-state index in [-0.39, 0.29) is 4.88 Å². The summed E-state index contributed by atoms with van der Waals surface area (Å²) in [7, 11) is 1.43. The highest BCUT2D eigenvalue weighted by atomic mass is 32.1. The van der Waals surface area contributed by atoms with Crippen LogP contribution >= 0.6 is 11.3 Å². The molecule has 0 spiro atoms. The van der Waals surface area contributed by atoms with E-state index in [1.807, 2.05) is 0 Å². The normalized spacial score (nSPS) is 10.3. The second-order valence-corrected chi connectivity index (χ2v) is 4.71. The minimum absolute atomic E-state index is 0.170. The number of methoxy groups -OCH3 is 1. The lowest BCUT2D eigenvalue weighted by Gasteiger charge is -2.08. The second-order valence-electron chi connectivity index (χ2n) is 3.71. The maximum Gasteiger partial charge on any atom is 0.347 e. The molecule has 1 aromatic carbocycles. The summed E-state index contributed by atoms with van der Waals surface area (Å²) in [6.07, 6.45) is 0. The van der Waals surface area contributed by atoms with Gasteiger partial charge in [0.15, 0.2) is 5.13 Å². The molecule has 1 aromatic heterocycles. The number of aromatic carboxylic acids is 1. The summed E-state index contributed by atoms with van der Waals surface area (Å²) in [5.41, 5.74) is 0.954. The standard InChI is InChI=1S/C12H11FN2O3S/c1-6-10(11(16)17)19-12(14-6)15-8-4-3-7(13)5-9(8)18-2/h3-5H,1-2H3,(H,14,15)(H,16,17). The highest BCUT2D eigenvalue weighted by Crippen LogP contribution is 2.31. The number of aryl methyl sites for hydroxylation is 1. The topological polar surface area (TPSA) is 71.5 Å². The quantitative estimate of drug-likeness (QED) is 0.901. The lowest BCUT2D eigenvalue weighted by atomic mass is 10.3. The van der Waals surface area contributed by atoms with Crippen LogP contribution in [-0.4, -0.2) is 23.2 Å². The van der Waals surface area contributed by atoms with Crippen LogP contribution in [0.4, 0.5) is 15.2 Å². The van der Waals surface area contributed by atoms with Crippen LogP contribution in [0.2, 0.25) is 0 Å². The molecule has 0 saturated heterocycles. The largest absolute Gasteiger partial charge is 0.494 e. The molecule has 2 rings (SSSR count). The molecule has 0 amide bonds. The van der Waals surface area contributed by atoms with Gasteiger partial charge in [0, 0.05) is 6.07 Å². The summed E-state index contributed by atoms with van der Waals surface area (Å²) < 4.78 is 18.1. The van der Waals surface area contributed by atoms with Gasteiger partial charge >= 0.3 is 5.97 Å². The molecule has 1 heterocycles. The van der Waals surface area contributed by atoms with Crippen LogP contribution in [0, 0.1) is 12.7 Å². The van der Waals surface area contributed by atoms with Gasteiger partial charge in [-0.3, -0.25) is 0 Å². The van der Waals surface area contributed by atoms with Crippen molar-refractivity contribution in [2.75, 3.05) is 12.4 Å². The second kappa shape index (κ2) is 5.23. The number of hydrogen-bond acceptors (Lipinski definition) is 5. The molecule has 5 nitrogen and oxygen atoms in total. The number of hydrogen-bond donors (Lipinski definition) is 2. The smallest absolute Gasteiger partial charge is 0.347 e. The number of carbonyl (C=O) groups is 1. The Labute approximate surface area is 112 Å². The highest BCUT2D eigenvalue weighted by molar-refractivity contribution is 7.17. The Morgan fingerprint density at radius 3 is 2.84 bits per heavy atom. The Morgan fingerprint density at radius 2 is 2.26 bits per heavy atom. The Bertz CT molecular complexity index is 627. The minimum atomic E-state index is -1.02.